The number of nitrogens with one attached hydrogen (secondary N) is 2. The highest BCUT2D eigenvalue weighted by Crippen LogP contribution is 2.21. The number of likely N-dealkylation sites (tertiary alicyclic amines) is 1. The van der Waals surface area contributed by atoms with Crippen LogP contribution in [0, 0.1) is 5.92 Å². The molecule has 2 N–H and O–H groups in total. The summed E-state index contributed by atoms with van der Waals surface area (Å²) in [4.78, 5) is 26.8. The summed E-state index contributed by atoms with van der Waals surface area (Å²) in [6.07, 6.45) is 6.14. The molecule has 0 saturated carbocycles. The van der Waals surface area contributed by atoms with E-state index in [0.29, 0.717) is 25.9 Å². The maximum absolute atomic E-state index is 12.6. The van der Waals surface area contributed by atoms with Gasteiger partial charge in [-0.15, -0.1) is 0 Å². The van der Waals surface area contributed by atoms with Gasteiger partial charge in [0.2, 0.25) is 5.91 Å². The Morgan fingerprint density at radius 1 is 0.897 bits per heavy atom. The smallest absolute Gasteiger partial charge is 0.321 e. The van der Waals surface area contributed by atoms with Gasteiger partial charge in [-0.3, -0.25) is 4.79 Å². The number of benzene rings is 2. The normalized spacial score (nSPS) is 14.4. The van der Waals surface area contributed by atoms with Gasteiger partial charge in [0.25, 0.3) is 0 Å². The molecule has 0 aromatic heterocycles. The van der Waals surface area contributed by atoms with Crippen LogP contribution >= 0.6 is 0 Å². The molecule has 1 aliphatic rings. The van der Waals surface area contributed by atoms with Crippen molar-refractivity contribution in [1.29, 1.82) is 0 Å². The molecule has 1 saturated heterocycles. The van der Waals surface area contributed by atoms with E-state index in [1.807, 2.05) is 42.5 Å². The van der Waals surface area contributed by atoms with E-state index in [4.69, 9.17) is 0 Å². The Morgan fingerprint density at radius 3 is 2.21 bits per heavy atom. The fraction of sp³-hybridized carbons (Fsp3) is 0.417. The molecule has 1 aliphatic heterocycles. The Labute approximate surface area is 173 Å². The molecule has 0 spiro atoms. The Balaban J connectivity index is 1.43. The summed E-state index contributed by atoms with van der Waals surface area (Å²) in [6.45, 7) is 3.39. The van der Waals surface area contributed by atoms with Crippen molar-refractivity contribution in [2.45, 2.75) is 45.4 Å². The molecule has 5 heteroatoms. The molecule has 2 aromatic rings. The minimum absolute atomic E-state index is 0.0480. The summed E-state index contributed by atoms with van der Waals surface area (Å²) >= 11 is 0. The third kappa shape index (κ3) is 6.34. The molecule has 1 fully saturated rings. The maximum Gasteiger partial charge on any atom is 0.321 e. The Hall–Kier alpha value is -2.82. The molecule has 0 radical (unpaired) electrons. The van der Waals surface area contributed by atoms with E-state index in [9.17, 15) is 9.59 Å². The van der Waals surface area contributed by atoms with Crippen LogP contribution in [0.2, 0.25) is 0 Å². The minimum atomic E-state index is -0.103. The van der Waals surface area contributed by atoms with E-state index < -0.39 is 0 Å². The number of para-hydroxylation sites is 1. The predicted octanol–water partition coefficient (Wildman–Crippen LogP) is 5.30. The minimum Gasteiger partial charge on any atom is -0.326 e. The van der Waals surface area contributed by atoms with Crippen LogP contribution in [-0.2, 0) is 11.2 Å². The number of unbranched alkanes of at least 4 members (excludes halogenated alkanes) is 2. The van der Waals surface area contributed by atoms with Crippen LogP contribution in [0.4, 0.5) is 16.2 Å². The first-order valence-electron chi connectivity index (χ1n) is 10.7. The summed E-state index contributed by atoms with van der Waals surface area (Å²) in [6, 6.07) is 17.5. The monoisotopic (exact) mass is 393 g/mol. The number of anilines is 2. The van der Waals surface area contributed by atoms with Gasteiger partial charge in [-0.1, -0.05) is 50.1 Å². The lowest BCUT2D eigenvalue weighted by molar-refractivity contribution is -0.121. The van der Waals surface area contributed by atoms with Gasteiger partial charge in [0.05, 0.1) is 0 Å². The molecule has 0 unspecified atom stereocenters. The fourth-order valence-electron chi connectivity index (χ4n) is 3.65. The lowest BCUT2D eigenvalue weighted by Crippen LogP contribution is -2.43. The number of hydrogen-bond donors (Lipinski definition) is 2. The Morgan fingerprint density at radius 2 is 1.55 bits per heavy atom. The molecule has 154 valence electrons. The number of rotatable bonds is 7. The van der Waals surface area contributed by atoms with Crippen molar-refractivity contribution >= 4 is 23.3 Å². The zero-order valence-electron chi connectivity index (χ0n) is 17.2. The molecular weight excluding hydrogens is 362 g/mol. The highest BCUT2D eigenvalue weighted by atomic mass is 16.2. The summed E-state index contributed by atoms with van der Waals surface area (Å²) < 4.78 is 0. The van der Waals surface area contributed by atoms with Crippen LogP contribution in [0.3, 0.4) is 0 Å². The van der Waals surface area contributed by atoms with Gasteiger partial charge in [0.15, 0.2) is 0 Å². The van der Waals surface area contributed by atoms with Crippen molar-refractivity contribution in [1.82, 2.24) is 4.90 Å². The average molecular weight is 394 g/mol. The maximum atomic E-state index is 12.6. The number of carbonyl (C=O) groups is 2. The lowest BCUT2D eigenvalue weighted by atomic mass is 9.96. The molecule has 5 nitrogen and oxygen atoms in total. The molecule has 2 aromatic carbocycles. The molecule has 0 aliphatic carbocycles. The highest BCUT2D eigenvalue weighted by molar-refractivity contribution is 5.93. The quantitative estimate of drug-likeness (QED) is 0.627. The third-order valence-corrected chi connectivity index (χ3v) is 5.47. The molecule has 29 heavy (non-hydrogen) atoms. The van der Waals surface area contributed by atoms with Crippen molar-refractivity contribution < 1.29 is 9.59 Å². The number of hydrogen-bond acceptors (Lipinski definition) is 2. The predicted molar refractivity (Wildman–Crippen MR) is 118 cm³/mol. The van der Waals surface area contributed by atoms with Crippen molar-refractivity contribution in [2.75, 3.05) is 23.7 Å². The van der Waals surface area contributed by atoms with Gasteiger partial charge < -0.3 is 15.5 Å². The Kier molecular flexibility index (Phi) is 7.68. The largest absolute Gasteiger partial charge is 0.326 e. The zero-order valence-corrected chi connectivity index (χ0v) is 17.2. The first-order chi connectivity index (χ1) is 14.2. The summed E-state index contributed by atoms with van der Waals surface area (Å²) in [5.74, 6) is -0.00754. The highest BCUT2D eigenvalue weighted by Gasteiger charge is 2.27. The number of aryl methyl sites for hydroxylation is 1. The van der Waals surface area contributed by atoms with Crippen LogP contribution in [0.15, 0.2) is 54.6 Å². The Bertz CT molecular complexity index is 782. The van der Waals surface area contributed by atoms with Crippen molar-refractivity contribution in [2.24, 2.45) is 5.92 Å². The van der Waals surface area contributed by atoms with E-state index in [1.165, 1.54) is 24.8 Å². The standard InChI is InChI=1S/C24H31N3O2/c1-2-3-5-8-19-11-13-22(14-12-19)25-23(28)20-15-17-27(18-16-20)24(29)26-21-9-6-4-7-10-21/h4,6-7,9-14,20H,2-3,5,8,15-18H2,1H3,(H,25,28)(H,26,29). The van der Waals surface area contributed by atoms with Gasteiger partial charge in [0, 0.05) is 30.4 Å². The van der Waals surface area contributed by atoms with Gasteiger partial charge in [-0.2, -0.15) is 0 Å². The first-order valence-corrected chi connectivity index (χ1v) is 10.7. The van der Waals surface area contributed by atoms with E-state index in [-0.39, 0.29) is 17.9 Å². The van der Waals surface area contributed by atoms with Crippen LogP contribution < -0.4 is 10.6 Å². The molecule has 0 atom stereocenters. The van der Waals surface area contributed by atoms with Gasteiger partial charge >= 0.3 is 6.03 Å². The van der Waals surface area contributed by atoms with Crippen LogP contribution in [0.25, 0.3) is 0 Å². The third-order valence-electron chi connectivity index (χ3n) is 5.47. The van der Waals surface area contributed by atoms with Crippen LogP contribution in [0.1, 0.15) is 44.6 Å². The lowest BCUT2D eigenvalue weighted by Gasteiger charge is -2.31. The number of carbonyl (C=O) groups excluding carboxylic acids is 2. The van der Waals surface area contributed by atoms with Gasteiger partial charge in [0.1, 0.15) is 0 Å². The van der Waals surface area contributed by atoms with E-state index in [1.54, 1.807) is 4.90 Å². The number of nitrogens with zero attached hydrogens (tertiary/aromatic N) is 1. The second kappa shape index (κ2) is 10.6. The molecule has 1 heterocycles. The number of urea groups is 1. The average Bonchev–Trinajstić information content (AvgIpc) is 2.76. The van der Waals surface area contributed by atoms with Gasteiger partial charge in [-0.25, -0.2) is 4.79 Å². The fourth-order valence-corrected chi connectivity index (χ4v) is 3.65. The number of amides is 3. The molecule has 0 bridgehead atoms. The van der Waals surface area contributed by atoms with E-state index in [0.717, 1.165) is 17.8 Å². The molecule has 3 amide bonds. The van der Waals surface area contributed by atoms with Crippen molar-refractivity contribution in [3.05, 3.63) is 60.2 Å². The van der Waals surface area contributed by atoms with Crippen LogP contribution in [-0.4, -0.2) is 29.9 Å². The summed E-state index contributed by atoms with van der Waals surface area (Å²) in [5, 5.41) is 5.94. The summed E-state index contributed by atoms with van der Waals surface area (Å²) in [5.41, 5.74) is 2.95. The SMILES string of the molecule is CCCCCc1ccc(NC(=O)C2CCN(C(=O)Nc3ccccc3)CC2)cc1. The van der Waals surface area contributed by atoms with E-state index in [2.05, 4.69) is 29.7 Å². The van der Waals surface area contributed by atoms with Crippen molar-refractivity contribution in [3.8, 4) is 0 Å². The molecular formula is C24H31N3O2. The second-order valence-corrected chi connectivity index (χ2v) is 7.70. The molecule has 3 rings (SSSR count). The topological polar surface area (TPSA) is 61.4 Å². The number of piperidine rings is 1. The van der Waals surface area contributed by atoms with Gasteiger partial charge in [-0.05, 0) is 55.5 Å². The first kappa shape index (κ1) is 20.9. The van der Waals surface area contributed by atoms with E-state index >= 15 is 0 Å². The second-order valence-electron chi connectivity index (χ2n) is 7.70. The van der Waals surface area contributed by atoms with Crippen LogP contribution in [0.5, 0.6) is 0 Å². The summed E-state index contributed by atoms with van der Waals surface area (Å²) in [7, 11) is 0. The van der Waals surface area contributed by atoms with Crippen molar-refractivity contribution in [3.63, 3.8) is 0 Å². The zero-order chi connectivity index (χ0) is 20.5.